The lowest BCUT2D eigenvalue weighted by Crippen LogP contribution is -2.29. The van der Waals surface area contributed by atoms with E-state index < -0.39 is 17.6 Å². The first kappa shape index (κ1) is 18.4. The Kier molecular flexibility index (Phi) is 5.27. The average molecular weight is 363 g/mol. The van der Waals surface area contributed by atoms with Gasteiger partial charge >= 0.3 is 6.18 Å². The number of amides is 1. The van der Waals surface area contributed by atoms with E-state index in [0.717, 1.165) is 32.0 Å². The summed E-state index contributed by atoms with van der Waals surface area (Å²) in [5, 5.41) is 2.57. The van der Waals surface area contributed by atoms with Gasteiger partial charge in [-0.05, 0) is 74.8 Å². The lowest BCUT2D eigenvalue weighted by Gasteiger charge is -2.29. The van der Waals surface area contributed by atoms with Crippen LogP contribution in [0.3, 0.4) is 0 Å². The van der Waals surface area contributed by atoms with E-state index in [1.54, 1.807) is 18.2 Å². The van der Waals surface area contributed by atoms with Gasteiger partial charge in [-0.25, -0.2) is 0 Å². The largest absolute Gasteiger partial charge is 0.416 e. The van der Waals surface area contributed by atoms with E-state index in [0.29, 0.717) is 11.1 Å². The quantitative estimate of drug-likeness (QED) is 0.891. The molecule has 1 amide bonds. The first-order valence-electron chi connectivity index (χ1n) is 8.45. The number of likely N-dealkylation sites (tertiary alicyclic amines) is 1. The molecule has 0 radical (unpaired) electrons. The van der Waals surface area contributed by atoms with E-state index in [1.807, 2.05) is 7.05 Å². The molecule has 1 aromatic heterocycles. The van der Waals surface area contributed by atoms with Gasteiger partial charge in [0, 0.05) is 18.1 Å². The highest BCUT2D eigenvalue weighted by molar-refractivity contribution is 6.04. The molecule has 0 aliphatic carbocycles. The molecule has 0 spiro atoms. The number of piperidine rings is 1. The number of rotatable bonds is 3. The Bertz CT molecular complexity index is 769. The average Bonchev–Trinajstić information content (AvgIpc) is 2.62. The van der Waals surface area contributed by atoms with Gasteiger partial charge < -0.3 is 10.2 Å². The molecule has 1 aromatic carbocycles. The van der Waals surface area contributed by atoms with Crippen LogP contribution in [0.1, 0.15) is 40.2 Å². The van der Waals surface area contributed by atoms with E-state index >= 15 is 0 Å². The normalized spacial score (nSPS) is 16.5. The summed E-state index contributed by atoms with van der Waals surface area (Å²) in [5.41, 5.74) is 0.332. The molecule has 26 heavy (non-hydrogen) atoms. The number of carbonyl (C=O) groups excluding carboxylic acids is 1. The maximum absolute atomic E-state index is 13.3. The summed E-state index contributed by atoms with van der Waals surface area (Å²) in [7, 11) is 2.00. The van der Waals surface area contributed by atoms with Crippen molar-refractivity contribution in [3.63, 3.8) is 0 Å². The second-order valence-corrected chi connectivity index (χ2v) is 6.61. The van der Waals surface area contributed by atoms with Crippen LogP contribution in [0.15, 0.2) is 42.7 Å². The third kappa shape index (κ3) is 4.40. The number of nitrogens with zero attached hydrogens (tertiary/aromatic N) is 2. The predicted molar refractivity (Wildman–Crippen MR) is 93.1 cm³/mol. The molecule has 0 unspecified atom stereocenters. The lowest BCUT2D eigenvalue weighted by molar-refractivity contribution is -0.137. The molecule has 7 heteroatoms. The minimum atomic E-state index is -4.46. The summed E-state index contributed by atoms with van der Waals surface area (Å²) in [6, 6.07) is 7.00. The number of hydrogen-bond donors (Lipinski definition) is 1. The number of halogens is 3. The molecule has 4 nitrogen and oxygen atoms in total. The van der Waals surface area contributed by atoms with Gasteiger partial charge in [0.1, 0.15) is 0 Å². The topological polar surface area (TPSA) is 45.2 Å². The number of anilines is 1. The third-order valence-electron chi connectivity index (χ3n) is 4.65. The first-order chi connectivity index (χ1) is 12.3. The number of nitrogens with one attached hydrogen (secondary N) is 1. The fraction of sp³-hybridized carbons (Fsp3) is 0.368. The standard InChI is InChI=1S/C19H20F3N3O/c1-25-7-4-13(5-8-25)15-9-16(19(20,21)22)11-17(10-15)24-18(26)14-3-2-6-23-12-14/h2-3,6,9-13H,4-5,7-8H2,1H3,(H,24,26). The molecule has 1 aliphatic heterocycles. The fourth-order valence-corrected chi connectivity index (χ4v) is 3.17. The summed E-state index contributed by atoms with van der Waals surface area (Å²) in [6.07, 6.45) is 0.0386. The lowest BCUT2D eigenvalue weighted by atomic mass is 9.88. The molecule has 3 rings (SSSR count). The first-order valence-corrected chi connectivity index (χ1v) is 8.45. The smallest absolute Gasteiger partial charge is 0.322 e. The highest BCUT2D eigenvalue weighted by atomic mass is 19.4. The highest BCUT2D eigenvalue weighted by Crippen LogP contribution is 2.36. The maximum Gasteiger partial charge on any atom is 0.416 e. The minimum Gasteiger partial charge on any atom is -0.322 e. The van der Waals surface area contributed by atoms with Crippen molar-refractivity contribution >= 4 is 11.6 Å². The summed E-state index contributed by atoms with van der Waals surface area (Å²) in [4.78, 5) is 18.3. The number of hydrogen-bond acceptors (Lipinski definition) is 3. The van der Waals surface area contributed by atoms with Crippen LogP contribution in [0, 0.1) is 0 Å². The summed E-state index contributed by atoms with van der Waals surface area (Å²) >= 11 is 0. The molecular formula is C19H20F3N3O. The second kappa shape index (κ2) is 7.45. The van der Waals surface area contributed by atoms with Crippen molar-refractivity contribution in [2.45, 2.75) is 24.9 Å². The van der Waals surface area contributed by atoms with E-state index in [2.05, 4.69) is 15.2 Å². The molecule has 0 saturated carbocycles. The van der Waals surface area contributed by atoms with E-state index in [-0.39, 0.29) is 11.6 Å². The maximum atomic E-state index is 13.3. The van der Waals surface area contributed by atoms with Crippen molar-refractivity contribution in [2.24, 2.45) is 0 Å². The summed E-state index contributed by atoms with van der Waals surface area (Å²) in [6.45, 7) is 1.69. The van der Waals surface area contributed by atoms with E-state index in [9.17, 15) is 18.0 Å². The Morgan fingerprint density at radius 2 is 1.96 bits per heavy atom. The Hall–Kier alpha value is -2.41. The van der Waals surface area contributed by atoms with Crippen molar-refractivity contribution in [1.29, 1.82) is 0 Å². The SMILES string of the molecule is CN1CCC(c2cc(NC(=O)c3cccnc3)cc(C(F)(F)F)c2)CC1. The Labute approximate surface area is 150 Å². The Morgan fingerprint density at radius 3 is 2.58 bits per heavy atom. The number of alkyl halides is 3. The molecular weight excluding hydrogens is 343 g/mol. The molecule has 1 aliphatic rings. The number of carbonyl (C=O) groups is 1. The number of aromatic nitrogens is 1. The van der Waals surface area contributed by atoms with Crippen molar-refractivity contribution in [3.8, 4) is 0 Å². The van der Waals surface area contributed by atoms with Crippen LogP contribution in [0.25, 0.3) is 0 Å². The van der Waals surface area contributed by atoms with Gasteiger partial charge in [0.25, 0.3) is 5.91 Å². The summed E-state index contributed by atoms with van der Waals surface area (Å²) in [5.74, 6) is -0.422. The van der Waals surface area contributed by atoms with Crippen molar-refractivity contribution < 1.29 is 18.0 Å². The monoisotopic (exact) mass is 363 g/mol. The van der Waals surface area contributed by atoms with Crippen LogP contribution in [0.5, 0.6) is 0 Å². The Balaban J connectivity index is 1.89. The predicted octanol–water partition coefficient (Wildman–Crippen LogP) is 4.16. The summed E-state index contributed by atoms with van der Waals surface area (Å²) < 4.78 is 39.9. The molecule has 138 valence electrons. The van der Waals surface area contributed by atoms with Crippen LogP contribution in [0.4, 0.5) is 18.9 Å². The molecule has 0 bridgehead atoms. The molecule has 2 aromatic rings. The highest BCUT2D eigenvalue weighted by Gasteiger charge is 2.32. The van der Waals surface area contributed by atoms with Crippen molar-refractivity contribution in [3.05, 3.63) is 59.4 Å². The third-order valence-corrected chi connectivity index (χ3v) is 4.65. The van der Waals surface area contributed by atoms with Gasteiger partial charge in [0.2, 0.25) is 0 Å². The second-order valence-electron chi connectivity index (χ2n) is 6.61. The van der Waals surface area contributed by atoms with E-state index in [4.69, 9.17) is 0 Å². The van der Waals surface area contributed by atoms with Gasteiger partial charge in [-0.2, -0.15) is 13.2 Å². The van der Waals surface area contributed by atoms with Crippen LogP contribution in [-0.4, -0.2) is 35.9 Å². The van der Waals surface area contributed by atoms with E-state index in [1.165, 1.54) is 18.5 Å². The van der Waals surface area contributed by atoms with Crippen molar-refractivity contribution in [1.82, 2.24) is 9.88 Å². The van der Waals surface area contributed by atoms with Gasteiger partial charge in [-0.3, -0.25) is 9.78 Å². The zero-order valence-electron chi connectivity index (χ0n) is 14.4. The minimum absolute atomic E-state index is 0.0579. The number of pyridine rings is 1. The van der Waals surface area contributed by atoms with Crippen LogP contribution >= 0.6 is 0 Å². The zero-order chi connectivity index (χ0) is 18.7. The molecule has 1 fully saturated rings. The van der Waals surface area contributed by atoms with Crippen LogP contribution < -0.4 is 5.32 Å². The van der Waals surface area contributed by atoms with Gasteiger partial charge in [0.15, 0.2) is 0 Å². The molecule has 1 N–H and O–H groups in total. The number of benzene rings is 1. The van der Waals surface area contributed by atoms with Crippen LogP contribution in [0.2, 0.25) is 0 Å². The fourth-order valence-electron chi connectivity index (χ4n) is 3.17. The van der Waals surface area contributed by atoms with Gasteiger partial charge in [-0.1, -0.05) is 0 Å². The van der Waals surface area contributed by atoms with Gasteiger partial charge in [-0.15, -0.1) is 0 Å². The molecule has 0 atom stereocenters. The molecule has 2 heterocycles. The molecule has 1 saturated heterocycles. The van der Waals surface area contributed by atoms with Gasteiger partial charge in [0.05, 0.1) is 11.1 Å². The Morgan fingerprint density at radius 1 is 1.23 bits per heavy atom. The zero-order valence-corrected chi connectivity index (χ0v) is 14.4. The van der Waals surface area contributed by atoms with Crippen LogP contribution in [-0.2, 0) is 6.18 Å². The van der Waals surface area contributed by atoms with Crippen molar-refractivity contribution in [2.75, 3.05) is 25.5 Å².